The van der Waals surface area contributed by atoms with Crippen LogP contribution in [0.5, 0.6) is 0 Å². The van der Waals surface area contributed by atoms with Gasteiger partial charge in [0.15, 0.2) is 11.6 Å². The Morgan fingerprint density at radius 3 is 2.42 bits per heavy atom. The van der Waals surface area contributed by atoms with Gasteiger partial charge in [0, 0.05) is 16.2 Å². The summed E-state index contributed by atoms with van der Waals surface area (Å²) in [5.41, 5.74) is 1.27. The lowest BCUT2D eigenvalue weighted by Gasteiger charge is -2.08. The van der Waals surface area contributed by atoms with Crippen molar-refractivity contribution in [3.8, 4) is 0 Å². The zero-order valence-electron chi connectivity index (χ0n) is 13.4. The van der Waals surface area contributed by atoms with Gasteiger partial charge in [-0.25, -0.2) is 0 Å². The number of halogens is 3. The second-order valence-electron chi connectivity index (χ2n) is 5.42. The molecule has 0 saturated carbocycles. The third kappa shape index (κ3) is 3.90. The molecule has 0 atom stereocenters. The van der Waals surface area contributed by atoms with Crippen molar-refractivity contribution >= 4 is 23.3 Å². The normalized spacial score (nSPS) is 11.6. The van der Waals surface area contributed by atoms with E-state index in [1.807, 2.05) is 0 Å². The topological polar surface area (TPSA) is 49.9 Å². The van der Waals surface area contributed by atoms with Gasteiger partial charge in [0.05, 0.1) is 17.0 Å². The van der Waals surface area contributed by atoms with E-state index >= 15 is 0 Å². The Hall–Kier alpha value is -2.02. The number of benzene rings is 1. The minimum absolute atomic E-state index is 0.0144. The molecule has 1 N–H and O–H groups in total. The van der Waals surface area contributed by atoms with Crippen molar-refractivity contribution in [2.75, 3.05) is 5.75 Å². The van der Waals surface area contributed by atoms with Crippen LogP contribution < -0.4 is 0 Å². The third-order valence-electron chi connectivity index (χ3n) is 3.60. The molecule has 0 unspecified atom stereocenters. The molecule has 2 aromatic rings. The lowest BCUT2D eigenvalue weighted by molar-refractivity contribution is -0.137. The molecule has 0 bridgehead atoms. The van der Waals surface area contributed by atoms with E-state index in [9.17, 15) is 22.8 Å². The fourth-order valence-corrected chi connectivity index (χ4v) is 3.37. The van der Waals surface area contributed by atoms with Crippen molar-refractivity contribution < 1.29 is 22.8 Å². The molecule has 1 aromatic heterocycles. The smallest absolute Gasteiger partial charge is 0.355 e. The predicted molar refractivity (Wildman–Crippen MR) is 86.8 cm³/mol. The Bertz CT molecular complexity index is 794. The zero-order valence-corrected chi connectivity index (χ0v) is 14.2. The average Bonchev–Trinajstić information content (AvgIpc) is 2.79. The maximum absolute atomic E-state index is 12.7. The molecular weight excluding hydrogens is 339 g/mol. The number of ketones is 2. The first-order chi connectivity index (χ1) is 11.1. The minimum Gasteiger partial charge on any atom is -0.355 e. The van der Waals surface area contributed by atoms with E-state index in [0.717, 1.165) is 23.9 Å². The predicted octanol–water partition coefficient (Wildman–Crippen LogP) is 4.83. The summed E-state index contributed by atoms with van der Waals surface area (Å²) < 4.78 is 38.1. The average molecular weight is 355 g/mol. The van der Waals surface area contributed by atoms with Gasteiger partial charge in [0.2, 0.25) is 0 Å². The first-order valence-corrected chi connectivity index (χ1v) is 8.13. The molecule has 0 spiro atoms. The number of nitrogens with one attached hydrogen (secondary N) is 1. The van der Waals surface area contributed by atoms with Crippen molar-refractivity contribution in [2.45, 2.75) is 31.8 Å². The maximum atomic E-state index is 12.7. The van der Waals surface area contributed by atoms with E-state index in [4.69, 9.17) is 0 Å². The van der Waals surface area contributed by atoms with Crippen LogP contribution in [0.3, 0.4) is 0 Å². The highest BCUT2D eigenvalue weighted by molar-refractivity contribution is 8.00. The number of aromatic nitrogens is 1. The first kappa shape index (κ1) is 18.3. The summed E-state index contributed by atoms with van der Waals surface area (Å²) in [7, 11) is 0. The van der Waals surface area contributed by atoms with Crippen LogP contribution in [0.1, 0.15) is 44.6 Å². The van der Waals surface area contributed by atoms with Crippen LogP contribution in [0.2, 0.25) is 0 Å². The molecule has 0 radical (unpaired) electrons. The van der Waals surface area contributed by atoms with Gasteiger partial charge in [-0.1, -0.05) is 6.07 Å². The van der Waals surface area contributed by atoms with Crippen LogP contribution in [-0.2, 0) is 6.18 Å². The van der Waals surface area contributed by atoms with Crippen LogP contribution in [0.25, 0.3) is 0 Å². The van der Waals surface area contributed by atoms with Gasteiger partial charge in [-0.3, -0.25) is 9.59 Å². The lowest BCUT2D eigenvalue weighted by atomic mass is 10.1. The van der Waals surface area contributed by atoms with Crippen molar-refractivity contribution in [3.63, 3.8) is 0 Å². The van der Waals surface area contributed by atoms with Crippen molar-refractivity contribution in [2.24, 2.45) is 0 Å². The Morgan fingerprint density at radius 2 is 1.88 bits per heavy atom. The Kier molecular flexibility index (Phi) is 5.22. The van der Waals surface area contributed by atoms with Gasteiger partial charge in [0.1, 0.15) is 0 Å². The SMILES string of the molecule is CC(=O)c1c(C)[nH]c(C(=O)CSc2cccc(C(F)(F)F)c2)c1C. The van der Waals surface area contributed by atoms with Crippen LogP contribution in [-0.4, -0.2) is 22.3 Å². The van der Waals surface area contributed by atoms with Crippen LogP contribution in [0.15, 0.2) is 29.2 Å². The first-order valence-electron chi connectivity index (χ1n) is 7.14. The van der Waals surface area contributed by atoms with E-state index in [0.29, 0.717) is 27.4 Å². The second-order valence-corrected chi connectivity index (χ2v) is 6.47. The fourth-order valence-electron chi connectivity index (χ4n) is 2.54. The highest BCUT2D eigenvalue weighted by Gasteiger charge is 2.30. The van der Waals surface area contributed by atoms with Gasteiger partial charge in [-0.2, -0.15) is 13.2 Å². The van der Waals surface area contributed by atoms with E-state index in [1.54, 1.807) is 13.8 Å². The number of H-pyrrole nitrogens is 1. The number of rotatable bonds is 5. The minimum atomic E-state index is -4.41. The van der Waals surface area contributed by atoms with Crippen molar-refractivity contribution in [1.29, 1.82) is 0 Å². The number of hydrogen-bond donors (Lipinski definition) is 1. The summed E-state index contributed by atoms with van der Waals surface area (Å²) in [6.45, 7) is 4.82. The van der Waals surface area contributed by atoms with Crippen LogP contribution in [0.4, 0.5) is 13.2 Å². The van der Waals surface area contributed by atoms with Crippen molar-refractivity contribution in [3.05, 3.63) is 52.3 Å². The molecule has 0 aliphatic carbocycles. The molecule has 2 rings (SSSR count). The second kappa shape index (κ2) is 6.84. The van der Waals surface area contributed by atoms with Gasteiger partial charge >= 0.3 is 6.18 Å². The molecule has 0 saturated heterocycles. The van der Waals surface area contributed by atoms with Gasteiger partial charge in [-0.15, -0.1) is 11.8 Å². The van der Waals surface area contributed by atoms with Gasteiger partial charge < -0.3 is 4.98 Å². The molecule has 24 heavy (non-hydrogen) atoms. The van der Waals surface area contributed by atoms with E-state index in [1.165, 1.54) is 19.1 Å². The summed E-state index contributed by atoms with van der Waals surface area (Å²) in [5, 5.41) is 0. The summed E-state index contributed by atoms with van der Waals surface area (Å²) >= 11 is 1.03. The molecule has 0 fully saturated rings. The van der Waals surface area contributed by atoms with E-state index in [2.05, 4.69) is 4.98 Å². The quantitative estimate of drug-likeness (QED) is 0.617. The fraction of sp³-hybridized carbons (Fsp3) is 0.294. The standard InChI is InChI=1S/C17H16F3NO2S/c1-9-15(11(3)22)10(2)21-16(9)14(23)8-24-13-6-4-5-12(7-13)17(18,19)20/h4-7,21H,8H2,1-3H3. The highest BCUT2D eigenvalue weighted by Crippen LogP contribution is 2.32. The maximum Gasteiger partial charge on any atom is 0.416 e. The number of aromatic amines is 1. The van der Waals surface area contributed by atoms with Gasteiger partial charge in [0.25, 0.3) is 0 Å². The molecule has 0 amide bonds. The molecule has 1 aromatic carbocycles. The number of thioether (sulfide) groups is 1. The van der Waals surface area contributed by atoms with Crippen molar-refractivity contribution in [1.82, 2.24) is 4.98 Å². The van der Waals surface area contributed by atoms with Crippen LogP contribution in [0, 0.1) is 13.8 Å². The Balaban J connectivity index is 2.15. The highest BCUT2D eigenvalue weighted by atomic mass is 32.2. The number of carbonyl (C=O) groups excluding carboxylic acids is 2. The summed E-state index contributed by atoms with van der Waals surface area (Å²) in [6.07, 6.45) is -4.41. The molecule has 3 nitrogen and oxygen atoms in total. The van der Waals surface area contributed by atoms with E-state index < -0.39 is 11.7 Å². The Labute approximate surface area is 141 Å². The molecule has 128 valence electrons. The number of carbonyl (C=O) groups is 2. The molecule has 0 aliphatic heterocycles. The third-order valence-corrected chi connectivity index (χ3v) is 4.59. The molecule has 7 heteroatoms. The number of alkyl halides is 3. The summed E-state index contributed by atoms with van der Waals surface area (Å²) in [4.78, 5) is 27.2. The monoisotopic (exact) mass is 355 g/mol. The number of aryl methyl sites for hydroxylation is 1. The number of hydrogen-bond acceptors (Lipinski definition) is 3. The number of Topliss-reactive ketones (excluding diaryl/α,β-unsaturated/α-hetero) is 2. The molecule has 0 aliphatic rings. The molecular formula is C17H16F3NO2S. The zero-order chi connectivity index (χ0) is 18.1. The van der Waals surface area contributed by atoms with E-state index in [-0.39, 0.29) is 17.3 Å². The summed E-state index contributed by atoms with van der Waals surface area (Å²) in [5.74, 6) is -0.407. The Morgan fingerprint density at radius 1 is 1.21 bits per heavy atom. The lowest BCUT2D eigenvalue weighted by Crippen LogP contribution is -2.06. The molecule has 1 heterocycles. The van der Waals surface area contributed by atoms with Gasteiger partial charge in [-0.05, 0) is 44.5 Å². The largest absolute Gasteiger partial charge is 0.416 e. The summed E-state index contributed by atoms with van der Waals surface area (Å²) in [6, 6.07) is 4.85. The van der Waals surface area contributed by atoms with Crippen LogP contribution >= 0.6 is 11.8 Å².